The minimum atomic E-state index is -1.63. The highest BCUT2D eigenvalue weighted by atomic mass is 16.7. The van der Waals surface area contributed by atoms with Gasteiger partial charge in [-0.3, -0.25) is 9.59 Å². The van der Waals surface area contributed by atoms with Crippen LogP contribution in [0.2, 0.25) is 0 Å². The van der Waals surface area contributed by atoms with E-state index >= 15 is 0 Å². The van der Waals surface area contributed by atoms with Gasteiger partial charge in [-0.05, 0) is 96.3 Å². The lowest BCUT2D eigenvalue weighted by Crippen LogP contribution is -2.61. The third-order valence-electron chi connectivity index (χ3n) is 13.5. The topological polar surface area (TPSA) is 175 Å². The Balaban J connectivity index is 2.71. The summed E-state index contributed by atoms with van der Waals surface area (Å²) in [6.07, 6.45) is 57.3. The molecule has 1 aliphatic rings. The number of esters is 1. The van der Waals surface area contributed by atoms with Gasteiger partial charge in [0.1, 0.15) is 24.4 Å². The number of allylic oxidation sites excluding steroid dienone is 15. The molecule has 75 heavy (non-hydrogen) atoms. The lowest BCUT2D eigenvalue weighted by atomic mass is 9.99. The van der Waals surface area contributed by atoms with Crippen molar-refractivity contribution in [1.29, 1.82) is 0 Å². The van der Waals surface area contributed by atoms with E-state index in [1.54, 1.807) is 6.08 Å². The maximum Gasteiger partial charge on any atom is 0.306 e. The maximum absolute atomic E-state index is 13.4. The Morgan fingerprint density at radius 2 is 1.00 bits per heavy atom. The van der Waals surface area contributed by atoms with E-state index in [0.29, 0.717) is 12.8 Å². The van der Waals surface area contributed by atoms with E-state index in [2.05, 4.69) is 111 Å². The summed E-state index contributed by atoms with van der Waals surface area (Å²) in [5.41, 5.74) is 0. The van der Waals surface area contributed by atoms with Gasteiger partial charge in [0, 0.05) is 6.42 Å². The Kier molecular flexibility index (Phi) is 47.6. The summed E-state index contributed by atoms with van der Waals surface area (Å²) in [4.78, 5) is 26.5. The zero-order valence-electron chi connectivity index (χ0n) is 47.4. The average Bonchev–Trinajstić information content (AvgIpc) is 3.41. The van der Waals surface area contributed by atoms with Gasteiger partial charge in [0.25, 0.3) is 0 Å². The van der Waals surface area contributed by atoms with E-state index in [4.69, 9.17) is 14.2 Å². The van der Waals surface area contributed by atoms with Crippen molar-refractivity contribution in [2.24, 2.45) is 0 Å². The molecule has 1 saturated heterocycles. The van der Waals surface area contributed by atoms with Crippen LogP contribution in [-0.4, -0.2) is 99.6 Å². The number of rotatable bonds is 49. The van der Waals surface area contributed by atoms with Gasteiger partial charge in [-0.2, -0.15) is 0 Å². The molecule has 0 spiro atoms. The second-order valence-electron chi connectivity index (χ2n) is 20.4. The second kappa shape index (κ2) is 51.3. The van der Waals surface area contributed by atoms with Crippen LogP contribution in [0.5, 0.6) is 0 Å². The molecule has 0 bridgehead atoms. The van der Waals surface area contributed by atoms with Crippen molar-refractivity contribution < 1.29 is 49.3 Å². The fourth-order valence-corrected chi connectivity index (χ4v) is 8.73. The predicted molar refractivity (Wildman–Crippen MR) is 310 cm³/mol. The van der Waals surface area contributed by atoms with Crippen molar-refractivity contribution in [1.82, 2.24) is 5.32 Å². The first-order valence-corrected chi connectivity index (χ1v) is 30.0. The van der Waals surface area contributed by atoms with E-state index in [1.807, 2.05) is 6.08 Å². The second-order valence-corrected chi connectivity index (χ2v) is 20.4. The monoisotopic (exact) mass is 1050 g/mol. The maximum atomic E-state index is 13.4. The lowest BCUT2D eigenvalue weighted by molar-refractivity contribution is -0.305. The molecule has 0 aliphatic carbocycles. The number of aliphatic hydroxyl groups is 5. The first-order chi connectivity index (χ1) is 36.7. The molecule has 6 N–H and O–H groups in total. The Morgan fingerprint density at radius 1 is 0.547 bits per heavy atom. The van der Waals surface area contributed by atoms with Gasteiger partial charge in [0.15, 0.2) is 12.4 Å². The van der Waals surface area contributed by atoms with Gasteiger partial charge in [-0.15, -0.1) is 0 Å². The number of hydrogen-bond donors (Lipinski definition) is 6. The number of nitrogens with one attached hydrogen (secondary N) is 1. The highest BCUT2D eigenvalue weighted by Gasteiger charge is 2.47. The van der Waals surface area contributed by atoms with Crippen LogP contribution in [0.3, 0.4) is 0 Å². The Bertz CT molecular complexity index is 1580. The molecular weight excluding hydrogens is 943 g/mol. The molecule has 430 valence electrons. The van der Waals surface area contributed by atoms with E-state index in [1.165, 1.54) is 57.8 Å². The summed E-state index contributed by atoms with van der Waals surface area (Å²) in [5.74, 6) is -1.23. The normalized spacial score (nSPS) is 19.9. The zero-order valence-corrected chi connectivity index (χ0v) is 47.4. The molecule has 1 rings (SSSR count). The molecule has 0 saturated carbocycles. The summed E-state index contributed by atoms with van der Waals surface area (Å²) in [7, 11) is 0. The number of unbranched alkanes of at least 4 members (excludes halogenated alkanes) is 22. The van der Waals surface area contributed by atoms with Gasteiger partial charge < -0.3 is 45.1 Å². The van der Waals surface area contributed by atoms with Gasteiger partial charge in [-0.25, -0.2) is 0 Å². The van der Waals surface area contributed by atoms with Crippen molar-refractivity contribution in [3.8, 4) is 0 Å². The summed E-state index contributed by atoms with van der Waals surface area (Å²) < 4.78 is 17.6. The lowest BCUT2D eigenvalue weighted by Gasteiger charge is -2.41. The molecule has 0 radical (unpaired) electrons. The Hall–Kier alpha value is -3.42. The first-order valence-electron chi connectivity index (χ1n) is 30.0. The smallest absolute Gasteiger partial charge is 0.306 e. The van der Waals surface area contributed by atoms with Gasteiger partial charge in [-0.1, -0.05) is 227 Å². The first kappa shape index (κ1) is 69.6. The van der Waals surface area contributed by atoms with Crippen LogP contribution in [0.4, 0.5) is 0 Å². The zero-order chi connectivity index (χ0) is 54.7. The molecule has 1 fully saturated rings. The molecule has 0 aromatic carbocycles. The van der Waals surface area contributed by atoms with Gasteiger partial charge in [0.05, 0.1) is 25.4 Å². The van der Waals surface area contributed by atoms with Crippen LogP contribution in [0.15, 0.2) is 97.2 Å². The number of ether oxygens (including phenoxy) is 3. The standard InChI is InChI=1S/C64H109NO10/c1-4-7-10-13-16-19-22-24-26-27-28-29-30-32-33-36-39-42-45-48-51-57(68)63(72)65-55(56(67)50-47-44-41-38-35-21-18-15-12-9-6-3)54-73-64-62(61(71)60(70)58(53-66)74-64)75-59(69)52-49-46-43-40-37-34-31-25-23-20-17-14-11-8-5-2/h7,10,16-17,19-20,23-26,28-29,32-33,47,50,55-58,60-62,64,66-68,70-71H,4-6,8-9,11-15,18,21-22,27,30-31,34-46,48-49,51-54H2,1-3H3,(H,65,72)/b10-7-,19-16-,20-17+,25-23+,26-24-,29-28-,33-32-,50-47+. The van der Waals surface area contributed by atoms with Gasteiger partial charge >= 0.3 is 5.97 Å². The number of amides is 1. The summed E-state index contributed by atoms with van der Waals surface area (Å²) in [5, 5.41) is 56.9. The number of aliphatic hydroxyl groups excluding tert-OH is 5. The highest BCUT2D eigenvalue weighted by molar-refractivity contribution is 5.80. The summed E-state index contributed by atoms with van der Waals surface area (Å²) in [6, 6.07) is -1.04. The number of carbonyl (C=O) groups is 2. The van der Waals surface area contributed by atoms with Crippen molar-refractivity contribution in [3.63, 3.8) is 0 Å². The molecule has 11 nitrogen and oxygen atoms in total. The number of carbonyl (C=O) groups excluding carboxylic acids is 2. The van der Waals surface area contributed by atoms with E-state index < -0.39 is 67.4 Å². The van der Waals surface area contributed by atoms with E-state index in [-0.39, 0.29) is 19.4 Å². The van der Waals surface area contributed by atoms with Crippen LogP contribution < -0.4 is 5.32 Å². The quantitative estimate of drug-likeness (QED) is 0.0149. The highest BCUT2D eigenvalue weighted by Crippen LogP contribution is 2.26. The van der Waals surface area contributed by atoms with Crippen LogP contribution in [0, 0.1) is 0 Å². The Labute approximate surface area is 456 Å². The molecular formula is C64H109NO10. The van der Waals surface area contributed by atoms with E-state index in [0.717, 1.165) is 128 Å². The largest absolute Gasteiger partial charge is 0.454 e. The minimum absolute atomic E-state index is 0.103. The van der Waals surface area contributed by atoms with Crippen LogP contribution in [0.1, 0.15) is 233 Å². The van der Waals surface area contributed by atoms with Crippen LogP contribution in [-0.2, 0) is 23.8 Å². The third-order valence-corrected chi connectivity index (χ3v) is 13.5. The molecule has 1 amide bonds. The van der Waals surface area contributed by atoms with Gasteiger partial charge in [0.2, 0.25) is 5.91 Å². The third kappa shape index (κ3) is 39.6. The molecule has 8 unspecified atom stereocenters. The summed E-state index contributed by atoms with van der Waals surface area (Å²) in [6.45, 7) is 5.60. The van der Waals surface area contributed by atoms with Crippen molar-refractivity contribution in [2.75, 3.05) is 13.2 Å². The Morgan fingerprint density at radius 3 is 1.55 bits per heavy atom. The van der Waals surface area contributed by atoms with Crippen molar-refractivity contribution in [3.05, 3.63) is 97.2 Å². The molecule has 8 atom stereocenters. The van der Waals surface area contributed by atoms with Crippen molar-refractivity contribution in [2.45, 2.75) is 282 Å². The minimum Gasteiger partial charge on any atom is -0.454 e. The molecule has 0 aromatic rings. The fourth-order valence-electron chi connectivity index (χ4n) is 8.73. The molecule has 1 aliphatic heterocycles. The average molecular weight is 1050 g/mol. The predicted octanol–water partition coefficient (Wildman–Crippen LogP) is 13.9. The van der Waals surface area contributed by atoms with E-state index in [9.17, 15) is 35.1 Å². The molecule has 1 heterocycles. The van der Waals surface area contributed by atoms with Crippen LogP contribution >= 0.6 is 0 Å². The molecule has 0 aromatic heterocycles. The SMILES string of the molecule is CC/C=C\C/C=C\C/C=C\C/C=C\C/C=C\CCCCCCC(O)C(=O)NC(COC1OC(CO)C(O)C(O)C1OC(=O)CCCCCCCC/C=C/C=C/CCCCC)C(O)/C=C/CCCCCCCCCCC. The summed E-state index contributed by atoms with van der Waals surface area (Å²) >= 11 is 0. The van der Waals surface area contributed by atoms with Crippen molar-refractivity contribution >= 4 is 11.9 Å². The van der Waals surface area contributed by atoms with Crippen LogP contribution in [0.25, 0.3) is 0 Å². The fraction of sp³-hybridized carbons (Fsp3) is 0.719. The molecule has 11 heteroatoms. The number of hydrogen-bond acceptors (Lipinski definition) is 10.